The van der Waals surface area contributed by atoms with Gasteiger partial charge in [-0.3, -0.25) is 9.69 Å². The van der Waals surface area contributed by atoms with Crippen LogP contribution in [-0.4, -0.2) is 59.5 Å². The van der Waals surface area contributed by atoms with Crippen molar-refractivity contribution < 1.29 is 18.0 Å². The van der Waals surface area contributed by atoms with Crippen LogP contribution < -0.4 is 5.32 Å². The Morgan fingerprint density at radius 2 is 1.67 bits per heavy atom. The molecule has 1 aromatic heterocycles. The second-order valence-electron chi connectivity index (χ2n) is 10.1. The van der Waals surface area contributed by atoms with Gasteiger partial charge in [0.15, 0.2) is 0 Å². The molecule has 0 spiro atoms. The van der Waals surface area contributed by atoms with Gasteiger partial charge in [-0.05, 0) is 79.7 Å². The van der Waals surface area contributed by atoms with Crippen molar-refractivity contribution in [1.82, 2.24) is 19.7 Å². The van der Waals surface area contributed by atoms with Gasteiger partial charge in [0.25, 0.3) is 5.91 Å². The Balaban J connectivity index is 1.26. The van der Waals surface area contributed by atoms with Crippen LogP contribution in [0.1, 0.15) is 51.5 Å². The normalized spacial score (nSPS) is 18.2. The Labute approximate surface area is 209 Å². The lowest BCUT2D eigenvalue weighted by atomic mass is 9.89. The van der Waals surface area contributed by atoms with Crippen molar-refractivity contribution in [2.75, 3.05) is 39.3 Å². The van der Waals surface area contributed by atoms with E-state index in [1.807, 2.05) is 23.4 Å². The van der Waals surface area contributed by atoms with E-state index in [1.165, 1.54) is 17.7 Å². The fraction of sp³-hybridized carbons (Fsp3) is 0.464. The van der Waals surface area contributed by atoms with Crippen LogP contribution in [-0.2, 0) is 19.8 Å². The smallest absolute Gasteiger partial charge is 0.339 e. The predicted molar refractivity (Wildman–Crippen MR) is 135 cm³/mol. The van der Waals surface area contributed by atoms with Crippen LogP contribution in [0.15, 0.2) is 42.5 Å². The number of aromatic nitrogens is 1. The molecular formula is C28H33F3N4O. The number of benzene rings is 2. The van der Waals surface area contributed by atoms with E-state index in [9.17, 15) is 18.0 Å². The molecule has 3 aromatic rings. The standard InChI is InChI=1S/C28H33F3N4O/c1-19-24-17-22(21-9-11-32-12-10-21)5-8-25(24)33(2)26(19)27(36)35-15-13-34(14-16-35)18-20-3-6-23(7-4-20)28(29,30)31/h3-8,17,21,32H,9-16,18H2,1-2H3. The molecule has 2 saturated heterocycles. The Bertz CT molecular complexity index is 1230. The van der Waals surface area contributed by atoms with E-state index in [1.54, 1.807) is 0 Å². The number of fused-ring (bicyclic) bond motifs is 1. The van der Waals surface area contributed by atoms with E-state index in [2.05, 4.69) is 28.4 Å². The molecule has 0 unspecified atom stereocenters. The maximum absolute atomic E-state index is 13.6. The van der Waals surface area contributed by atoms with Gasteiger partial charge in [0.1, 0.15) is 5.69 Å². The predicted octanol–water partition coefficient (Wildman–Crippen LogP) is 4.93. The maximum atomic E-state index is 13.6. The van der Waals surface area contributed by atoms with Gasteiger partial charge in [0.05, 0.1) is 5.56 Å². The average Bonchev–Trinajstić information content (AvgIpc) is 3.13. The summed E-state index contributed by atoms with van der Waals surface area (Å²) in [4.78, 5) is 17.7. The highest BCUT2D eigenvalue weighted by Gasteiger charge is 2.30. The molecule has 0 saturated carbocycles. The van der Waals surface area contributed by atoms with Gasteiger partial charge in [-0.2, -0.15) is 13.2 Å². The van der Waals surface area contributed by atoms with Crippen LogP contribution in [0.3, 0.4) is 0 Å². The molecule has 0 radical (unpaired) electrons. The summed E-state index contributed by atoms with van der Waals surface area (Å²) in [6.07, 6.45) is -2.04. The minimum absolute atomic E-state index is 0.0452. The van der Waals surface area contributed by atoms with Crippen LogP contribution in [0.5, 0.6) is 0 Å². The summed E-state index contributed by atoms with van der Waals surface area (Å²) in [5.74, 6) is 0.607. The average molecular weight is 499 g/mol. The number of carbonyl (C=O) groups excluding carboxylic acids is 1. The van der Waals surface area contributed by atoms with Gasteiger partial charge in [-0.1, -0.05) is 18.2 Å². The van der Waals surface area contributed by atoms with Crippen molar-refractivity contribution >= 4 is 16.8 Å². The number of hydrogen-bond acceptors (Lipinski definition) is 3. The Morgan fingerprint density at radius 3 is 2.31 bits per heavy atom. The number of rotatable bonds is 4. The molecule has 0 bridgehead atoms. The third-order valence-corrected chi connectivity index (χ3v) is 7.84. The van der Waals surface area contributed by atoms with Gasteiger partial charge in [-0.15, -0.1) is 0 Å². The molecule has 1 N–H and O–H groups in total. The van der Waals surface area contributed by atoms with E-state index in [0.29, 0.717) is 38.6 Å². The number of aryl methyl sites for hydroxylation is 2. The third-order valence-electron chi connectivity index (χ3n) is 7.84. The molecular weight excluding hydrogens is 465 g/mol. The molecule has 5 nitrogen and oxygen atoms in total. The minimum atomic E-state index is -4.32. The number of halogens is 3. The number of hydrogen-bond donors (Lipinski definition) is 1. The molecule has 0 aliphatic carbocycles. The molecule has 2 aliphatic heterocycles. The summed E-state index contributed by atoms with van der Waals surface area (Å²) in [5, 5.41) is 4.57. The van der Waals surface area contributed by atoms with E-state index < -0.39 is 11.7 Å². The topological polar surface area (TPSA) is 40.5 Å². The zero-order valence-electron chi connectivity index (χ0n) is 20.9. The first kappa shape index (κ1) is 24.8. The van der Waals surface area contributed by atoms with E-state index in [0.717, 1.165) is 65.8 Å². The van der Waals surface area contributed by atoms with Gasteiger partial charge in [0, 0.05) is 50.7 Å². The Hall–Kier alpha value is -2.84. The largest absolute Gasteiger partial charge is 0.416 e. The zero-order chi connectivity index (χ0) is 25.4. The number of amides is 1. The lowest BCUT2D eigenvalue weighted by Gasteiger charge is -2.35. The highest BCUT2D eigenvalue weighted by Crippen LogP contribution is 2.32. The maximum Gasteiger partial charge on any atom is 0.416 e. The molecule has 192 valence electrons. The quantitative estimate of drug-likeness (QED) is 0.555. The fourth-order valence-electron chi connectivity index (χ4n) is 5.68. The number of nitrogens with zero attached hydrogens (tertiary/aromatic N) is 3. The summed E-state index contributed by atoms with van der Waals surface area (Å²) in [6, 6.07) is 12.0. The van der Waals surface area contributed by atoms with Crippen molar-refractivity contribution in [1.29, 1.82) is 0 Å². The number of piperazine rings is 1. The Kier molecular flexibility index (Phi) is 6.83. The van der Waals surface area contributed by atoms with Gasteiger partial charge in [-0.25, -0.2) is 0 Å². The third kappa shape index (κ3) is 4.89. The van der Waals surface area contributed by atoms with Crippen LogP contribution in [0.4, 0.5) is 13.2 Å². The molecule has 5 rings (SSSR count). The highest BCUT2D eigenvalue weighted by atomic mass is 19.4. The summed E-state index contributed by atoms with van der Waals surface area (Å²) in [7, 11) is 1.97. The number of alkyl halides is 3. The van der Waals surface area contributed by atoms with Crippen LogP contribution >= 0.6 is 0 Å². The first-order chi connectivity index (χ1) is 17.2. The summed E-state index contributed by atoms with van der Waals surface area (Å²) < 4.78 is 40.5. The van der Waals surface area contributed by atoms with Gasteiger partial charge < -0.3 is 14.8 Å². The minimum Gasteiger partial charge on any atom is -0.339 e. The molecule has 3 heterocycles. The molecule has 0 atom stereocenters. The van der Waals surface area contributed by atoms with Crippen molar-refractivity contribution in [3.8, 4) is 0 Å². The first-order valence-electron chi connectivity index (χ1n) is 12.7. The number of piperidine rings is 1. The molecule has 2 fully saturated rings. The van der Waals surface area contributed by atoms with E-state index in [4.69, 9.17) is 0 Å². The summed E-state index contributed by atoms with van der Waals surface area (Å²) in [5.41, 5.74) is 4.42. The second kappa shape index (κ2) is 9.90. The molecule has 2 aromatic carbocycles. The lowest BCUT2D eigenvalue weighted by Crippen LogP contribution is -2.48. The fourth-order valence-corrected chi connectivity index (χ4v) is 5.68. The second-order valence-corrected chi connectivity index (χ2v) is 10.1. The van der Waals surface area contributed by atoms with E-state index in [-0.39, 0.29) is 5.91 Å². The molecule has 36 heavy (non-hydrogen) atoms. The number of carbonyl (C=O) groups is 1. The van der Waals surface area contributed by atoms with Gasteiger partial charge in [0.2, 0.25) is 0 Å². The zero-order valence-corrected chi connectivity index (χ0v) is 20.9. The Morgan fingerprint density at radius 1 is 1.00 bits per heavy atom. The monoisotopic (exact) mass is 498 g/mol. The lowest BCUT2D eigenvalue weighted by molar-refractivity contribution is -0.137. The summed E-state index contributed by atoms with van der Waals surface area (Å²) >= 11 is 0. The molecule has 1 amide bonds. The van der Waals surface area contributed by atoms with Crippen LogP contribution in [0.25, 0.3) is 10.9 Å². The van der Waals surface area contributed by atoms with Crippen molar-refractivity contribution in [3.63, 3.8) is 0 Å². The molecule has 2 aliphatic rings. The molecule has 8 heteroatoms. The highest BCUT2D eigenvalue weighted by molar-refractivity contribution is 6.01. The van der Waals surface area contributed by atoms with Gasteiger partial charge >= 0.3 is 6.18 Å². The first-order valence-corrected chi connectivity index (χ1v) is 12.7. The van der Waals surface area contributed by atoms with Crippen LogP contribution in [0, 0.1) is 6.92 Å². The van der Waals surface area contributed by atoms with E-state index >= 15 is 0 Å². The number of nitrogens with one attached hydrogen (secondary N) is 1. The summed E-state index contributed by atoms with van der Waals surface area (Å²) in [6.45, 7) is 7.29. The van der Waals surface area contributed by atoms with Crippen molar-refractivity contribution in [2.24, 2.45) is 7.05 Å². The van der Waals surface area contributed by atoms with Crippen molar-refractivity contribution in [2.45, 2.75) is 38.4 Å². The SMILES string of the molecule is Cc1c(C(=O)N2CCN(Cc3ccc(C(F)(F)F)cc3)CC2)n(C)c2ccc(C3CCNCC3)cc12. The van der Waals surface area contributed by atoms with Crippen LogP contribution in [0.2, 0.25) is 0 Å². The van der Waals surface area contributed by atoms with Crippen molar-refractivity contribution in [3.05, 3.63) is 70.4 Å².